The van der Waals surface area contributed by atoms with E-state index >= 15 is 0 Å². The van der Waals surface area contributed by atoms with Crippen LogP contribution in [0.4, 0.5) is 0 Å². The van der Waals surface area contributed by atoms with E-state index in [0.29, 0.717) is 0 Å². The molecule has 216 valence electrons. The van der Waals surface area contributed by atoms with E-state index in [1.165, 1.54) is 97.0 Å². The Labute approximate surface area is 272 Å². The van der Waals surface area contributed by atoms with Gasteiger partial charge in [0.2, 0.25) is 0 Å². The number of thiophene rings is 1. The molecule has 0 radical (unpaired) electrons. The summed E-state index contributed by atoms with van der Waals surface area (Å²) >= 11 is 1.88. The van der Waals surface area contributed by atoms with Gasteiger partial charge in [-0.05, 0) is 101 Å². The third-order valence-electron chi connectivity index (χ3n) is 10.5. The van der Waals surface area contributed by atoms with Crippen molar-refractivity contribution in [1.82, 2.24) is 0 Å². The van der Waals surface area contributed by atoms with E-state index in [0.717, 1.165) is 0 Å². The smallest absolute Gasteiger partial charge is 0.0355 e. The average molecular weight is 603 g/mol. The quantitative estimate of drug-likeness (QED) is 0.173. The molecular weight excluding hydrogens is 573 g/mol. The lowest BCUT2D eigenvalue weighted by Crippen LogP contribution is -2.15. The van der Waals surface area contributed by atoms with Crippen molar-refractivity contribution >= 4 is 63.8 Å². The van der Waals surface area contributed by atoms with Crippen LogP contribution < -0.4 is 0 Å². The van der Waals surface area contributed by atoms with Crippen LogP contribution in [0, 0.1) is 0 Å². The fourth-order valence-corrected chi connectivity index (χ4v) is 9.38. The molecule has 0 unspecified atom stereocenters. The van der Waals surface area contributed by atoms with Crippen LogP contribution in [0.25, 0.3) is 85.9 Å². The van der Waals surface area contributed by atoms with Gasteiger partial charge >= 0.3 is 0 Å². The van der Waals surface area contributed by atoms with Crippen LogP contribution in [0.5, 0.6) is 0 Å². The summed E-state index contributed by atoms with van der Waals surface area (Å²) in [4.78, 5) is 0. The van der Waals surface area contributed by atoms with Crippen molar-refractivity contribution in [3.05, 3.63) is 157 Å². The van der Waals surface area contributed by atoms with Crippen LogP contribution in [0.2, 0.25) is 0 Å². The standard InChI is InChI=1S/C45H30S/c1-45(2)38-23-20-27-11-3-4-12-30(27)44(38)36-22-19-29(26-39(36)45)43-34-16-7-5-14-32(34)42(33-15-6-8-17-35(33)43)28-21-24-41-37(25-28)31-13-9-10-18-40(31)46-41/h3-26H,1-2H3. The molecule has 9 aromatic rings. The summed E-state index contributed by atoms with van der Waals surface area (Å²) in [5.41, 5.74) is 10.7. The number of hydrogen-bond acceptors (Lipinski definition) is 1. The summed E-state index contributed by atoms with van der Waals surface area (Å²) in [7, 11) is 0. The topological polar surface area (TPSA) is 0 Å². The molecule has 1 aliphatic carbocycles. The Bertz CT molecular complexity index is 2660. The fourth-order valence-electron chi connectivity index (χ4n) is 8.29. The number of rotatable bonds is 2. The third kappa shape index (κ3) is 3.49. The molecule has 0 spiro atoms. The van der Waals surface area contributed by atoms with Gasteiger partial charge in [-0.2, -0.15) is 0 Å². The molecule has 0 saturated carbocycles. The predicted molar refractivity (Wildman–Crippen MR) is 200 cm³/mol. The zero-order chi connectivity index (χ0) is 30.6. The minimum atomic E-state index is -0.0883. The molecule has 0 amide bonds. The summed E-state index contributed by atoms with van der Waals surface area (Å²) in [5.74, 6) is 0. The van der Waals surface area contributed by atoms with Gasteiger partial charge in [0, 0.05) is 25.6 Å². The molecule has 0 saturated heterocycles. The Morgan fingerprint density at radius 2 is 0.935 bits per heavy atom. The number of fused-ring (bicyclic) bond motifs is 10. The van der Waals surface area contributed by atoms with Crippen LogP contribution in [0.15, 0.2) is 146 Å². The van der Waals surface area contributed by atoms with Gasteiger partial charge in [0.1, 0.15) is 0 Å². The lowest BCUT2D eigenvalue weighted by molar-refractivity contribution is 0.661. The van der Waals surface area contributed by atoms with Gasteiger partial charge in [-0.25, -0.2) is 0 Å². The molecule has 1 heterocycles. The fraction of sp³-hybridized carbons (Fsp3) is 0.0667. The molecular formula is C45H30S. The first-order valence-electron chi connectivity index (χ1n) is 16.1. The Balaban J connectivity index is 1.25. The van der Waals surface area contributed by atoms with E-state index in [9.17, 15) is 0 Å². The minimum Gasteiger partial charge on any atom is -0.135 e. The molecule has 0 bridgehead atoms. The molecule has 46 heavy (non-hydrogen) atoms. The van der Waals surface area contributed by atoms with Crippen LogP contribution in [0.3, 0.4) is 0 Å². The molecule has 0 nitrogen and oxygen atoms in total. The summed E-state index contributed by atoms with van der Waals surface area (Å²) in [6, 6.07) is 54.6. The Morgan fingerprint density at radius 1 is 0.391 bits per heavy atom. The maximum Gasteiger partial charge on any atom is 0.0355 e. The van der Waals surface area contributed by atoms with E-state index < -0.39 is 0 Å². The monoisotopic (exact) mass is 602 g/mol. The zero-order valence-electron chi connectivity index (χ0n) is 25.8. The first kappa shape index (κ1) is 26.0. The largest absolute Gasteiger partial charge is 0.135 e. The van der Waals surface area contributed by atoms with E-state index in [1.54, 1.807) is 0 Å². The summed E-state index contributed by atoms with van der Waals surface area (Å²) < 4.78 is 2.68. The van der Waals surface area contributed by atoms with E-state index in [4.69, 9.17) is 0 Å². The predicted octanol–water partition coefficient (Wildman–Crippen LogP) is 13.2. The molecule has 0 atom stereocenters. The highest BCUT2D eigenvalue weighted by Crippen LogP contribution is 2.53. The van der Waals surface area contributed by atoms with E-state index in [1.807, 2.05) is 11.3 Å². The molecule has 0 N–H and O–H groups in total. The second-order valence-corrected chi connectivity index (χ2v) is 14.3. The minimum absolute atomic E-state index is 0.0883. The van der Waals surface area contributed by atoms with Gasteiger partial charge in [0.05, 0.1) is 0 Å². The molecule has 8 aromatic carbocycles. The number of benzene rings is 8. The summed E-state index contributed by atoms with van der Waals surface area (Å²) in [6.45, 7) is 4.78. The van der Waals surface area contributed by atoms with Crippen LogP contribution >= 0.6 is 11.3 Å². The Hall–Kier alpha value is -5.24. The second-order valence-electron chi connectivity index (χ2n) is 13.2. The summed E-state index contributed by atoms with van der Waals surface area (Å²) in [6.07, 6.45) is 0. The normalized spacial score (nSPS) is 13.6. The average Bonchev–Trinajstić information content (AvgIpc) is 3.58. The van der Waals surface area contributed by atoms with Crippen LogP contribution in [0.1, 0.15) is 25.0 Å². The number of hydrogen-bond donors (Lipinski definition) is 0. The van der Waals surface area contributed by atoms with Crippen molar-refractivity contribution in [3.63, 3.8) is 0 Å². The Morgan fingerprint density at radius 3 is 1.63 bits per heavy atom. The maximum atomic E-state index is 2.49. The van der Waals surface area contributed by atoms with Crippen molar-refractivity contribution in [1.29, 1.82) is 0 Å². The van der Waals surface area contributed by atoms with Crippen LogP contribution in [-0.2, 0) is 5.41 Å². The van der Waals surface area contributed by atoms with Crippen LogP contribution in [-0.4, -0.2) is 0 Å². The van der Waals surface area contributed by atoms with Crippen molar-refractivity contribution < 1.29 is 0 Å². The van der Waals surface area contributed by atoms with Gasteiger partial charge < -0.3 is 0 Å². The van der Waals surface area contributed by atoms with Gasteiger partial charge in [-0.3, -0.25) is 0 Å². The van der Waals surface area contributed by atoms with Crippen molar-refractivity contribution in [2.24, 2.45) is 0 Å². The van der Waals surface area contributed by atoms with Gasteiger partial charge in [-0.1, -0.05) is 135 Å². The van der Waals surface area contributed by atoms with Crippen molar-refractivity contribution in [2.75, 3.05) is 0 Å². The lowest BCUT2D eigenvalue weighted by atomic mass is 9.80. The summed E-state index contributed by atoms with van der Waals surface area (Å²) in [5, 5.41) is 10.5. The zero-order valence-corrected chi connectivity index (χ0v) is 26.6. The maximum absolute atomic E-state index is 2.49. The highest BCUT2D eigenvalue weighted by atomic mass is 32.1. The highest BCUT2D eigenvalue weighted by molar-refractivity contribution is 7.25. The second kappa shape index (κ2) is 9.39. The van der Waals surface area contributed by atoms with E-state index in [-0.39, 0.29) is 5.41 Å². The molecule has 1 aliphatic rings. The molecule has 1 heteroatoms. The van der Waals surface area contributed by atoms with E-state index in [2.05, 4.69) is 159 Å². The lowest BCUT2D eigenvalue weighted by Gasteiger charge is -2.23. The van der Waals surface area contributed by atoms with Gasteiger partial charge in [-0.15, -0.1) is 11.3 Å². The Kier molecular flexibility index (Phi) is 5.31. The SMILES string of the molecule is CC1(C)c2cc(-c3c4ccccc4c(-c4ccc5sc6ccccc6c5c4)c4ccccc34)ccc2-c2c1ccc1ccccc21. The first-order chi connectivity index (χ1) is 22.6. The van der Waals surface area contributed by atoms with Gasteiger partial charge in [0.25, 0.3) is 0 Å². The molecule has 1 aromatic heterocycles. The molecule has 10 rings (SSSR count). The van der Waals surface area contributed by atoms with Crippen molar-refractivity contribution in [2.45, 2.75) is 19.3 Å². The highest BCUT2D eigenvalue weighted by Gasteiger charge is 2.36. The molecule has 0 fully saturated rings. The van der Waals surface area contributed by atoms with Crippen molar-refractivity contribution in [3.8, 4) is 33.4 Å². The third-order valence-corrected chi connectivity index (χ3v) is 11.6. The first-order valence-corrected chi connectivity index (χ1v) is 16.9. The van der Waals surface area contributed by atoms with Gasteiger partial charge in [0.15, 0.2) is 0 Å². The molecule has 0 aliphatic heterocycles.